The zero-order chi connectivity index (χ0) is 19.4. The van der Waals surface area contributed by atoms with Crippen molar-refractivity contribution in [2.24, 2.45) is 0 Å². The molecule has 1 N–H and O–H groups in total. The van der Waals surface area contributed by atoms with Crippen LogP contribution >= 0.6 is 0 Å². The number of esters is 1. The third-order valence-corrected chi connectivity index (χ3v) is 4.22. The Morgan fingerprint density at radius 2 is 1.70 bits per heavy atom. The number of fused-ring (bicyclic) bond motifs is 1. The molecule has 7 heteroatoms. The Bertz CT molecular complexity index is 1030. The van der Waals surface area contributed by atoms with Crippen LogP contribution in [0.2, 0.25) is 0 Å². The van der Waals surface area contributed by atoms with Crippen molar-refractivity contribution in [1.29, 1.82) is 0 Å². The van der Waals surface area contributed by atoms with Crippen LogP contribution in [0, 0.1) is 0 Å². The molecule has 0 bridgehead atoms. The Labute approximate surface area is 155 Å². The number of para-hydroxylation sites is 1. The number of hydrogen-bond donors (Lipinski definition) is 1. The molecule has 1 heterocycles. The lowest BCUT2D eigenvalue weighted by molar-refractivity contribution is -0.153. The highest BCUT2D eigenvalue weighted by molar-refractivity contribution is 5.97. The monoisotopic (exact) mass is 365 g/mol. The van der Waals surface area contributed by atoms with Crippen molar-refractivity contribution in [1.82, 2.24) is 10.2 Å². The number of H-pyrrole nitrogens is 1. The minimum Gasteiger partial charge on any atom is -0.452 e. The SMILES string of the molecule is CC(OC(=O)Cc1n[nH]c(=O)c2ccccc12)C(=O)N(C)c1ccccc1. The Balaban J connectivity index is 1.70. The Kier molecular flexibility index (Phi) is 5.30. The van der Waals surface area contributed by atoms with E-state index < -0.39 is 12.1 Å². The average Bonchev–Trinajstić information content (AvgIpc) is 2.69. The third-order valence-electron chi connectivity index (χ3n) is 4.22. The van der Waals surface area contributed by atoms with E-state index in [4.69, 9.17) is 4.74 Å². The van der Waals surface area contributed by atoms with Crippen molar-refractivity contribution in [3.8, 4) is 0 Å². The van der Waals surface area contributed by atoms with Crippen molar-refractivity contribution >= 4 is 28.3 Å². The zero-order valence-corrected chi connectivity index (χ0v) is 15.0. The molecule has 1 atom stereocenters. The molecule has 27 heavy (non-hydrogen) atoms. The summed E-state index contributed by atoms with van der Waals surface area (Å²) in [6.07, 6.45) is -1.10. The molecule has 0 saturated carbocycles. The second kappa shape index (κ2) is 7.82. The third kappa shape index (κ3) is 4.03. The Hall–Kier alpha value is -3.48. The van der Waals surface area contributed by atoms with Gasteiger partial charge in [0, 0.05) is 18.1 Å². The van der Waals surface area contributed by atoms with E-state index in [1.807, 2.05) is 18.2 Å². The summed E-state index contributed by atoms with van der Waals surface area (Å²) in [6, 6.07) is 16.0. The number of anilines is 1. The number of rotatable bonds is 5. The van der Waals surface area contributed by atoms with Gasteiger partial charge in [0.15, 0.2) is 6.10 Å². The first-order valence-corrected chi connectivity index (χ1v) is 8.46. The number of benzene rings is 2. The number of nitrogens with zero attached hydrogens (tertiary/aromatic N) is 2. The topological polar surface area (TPSA) is 92.4 Å². The van der Waals surface area contributed by atoms with E-state index in [0.717, 1.165) is 0 Å². The van der Waals surface area contributed by atoms with Gasteiger partial charge < -0.3 is 9.64 Å². The average molecular weight is 365 g/mol. The van der Waals surface area contributed by atoms with Gasteiger partial charge in [0.1, 0.15) is 0 Å². The number of carbonyl (C=O) groups is 2. The normalized spacial score (nSPS) is 11.8. The molecule has 0 spiro atoms. The number of ether oxygens (including phenoxy) is 1. The summed E-state index contributed by atoms with van der Waals surface area (Å²) >= 11 is 0. The summed E-state index contributed by atoms with van der Waals surface area (Å²) in [5.74, 6) is -0.934. The van der Waals surface area contributed by atoms with Gasteiger partial charge in [-0.25, -0.2) is 5.10 Å². The highest BCUT2D eigenvalue weighted by atomic mass is 16.5. The predicted molar refractivity (Wildman–Crippen MR) is 101 cm³/mol. The summed E-state index contributed by atoms with van der Waals surface area (Å²) < 4.78 is 5.28. The van der Waals surface area contributed by atoms with Gasteiger partial charge in [-0.3, -0.25) is 14.4 Å². The van der Waals surface area contributed by atoms with Crippen LogP contribution in [0.25, 0.3) is 10.8 Å². The molecular weight excluding hydrogens is 346 g/mol. The first-order chi connectivity index (χ1) is 13.0. The summed E-state index contributed by atoms with van der Waals surface area (Å²) in [4.78, 5) is 38.0. The number of carbonyl (C=O) groups excluding carboxylic acids is 2. The molecule has 1 amide bonds. The lowest BCUT2D eigenvalue weighted by Crippen LogP contribution is -2.37. The molecule has 0 radical (unpaired) electrons. The predicted octanol–water partition coefficient (Wildman–Crippen LogP) is 2.06. The Morgan fingerprint density at radius 1 is 1.07 bits per heavy atom. The Morgan fingerprint density at radius 3 is 2.41 bits per heavy atom. The summed E-state index contributed by atoms with van der Waals surface area (Å²) in [6.45, 7) is 1.53. The van der Waals surface area contributed by atoms with Crippen LogP contribution in [-0.2, 0) is 20.7 Å². The molecule has 7 nitrogen and oxygen atoms in total. The molecule has 0 fully saturated rings. The van der Waals surface area contributed by atoms with Gasteiger partial charge in [-0.15, -0.1) is 0 Å². The van der Waals surface area contributed by atoms with Crippen LogP contribution in [0.15, 0.2) is 59.4 Å². The first kappa shape index (κ1) is 18.3. The zero-order valence-electron chi connectivity index (χ0n) is 15.0. The molecule has 0 aliphatic rings. The van der Waals surface area contributed by atoms with Crippen LogP contribution in [0.4, 0.5) is 5.69 Å². The summed E-state index contributed by atoms with van der Waals surface area (Å²) in [7, 11) is 1.62. The van der Waals surface area contributed by atoms with E-state index >= 15 is 0 Å². The molecule has 1 unspecified atom stereocenters. The first-order valence-electron chi connectivity index (χ1n) is 8.46. The molecule has 1 aromatic heterocycles. The number of aromatic amines is 1. The number of hydrogen-bond acceptors (Lipinski definition) is 5. The lowest BCUT2D eigenvalue weighted by Gasteiger charge is -2.21. The maximum Gasteiger partial charge on any atom is 0.312 e. The maximum absolute atomic E-state index is 12.5. The van der Waals surface area contributed by atoms with Crippen molar-refractivity contribution in [3.63, 3.8) is 0 Å². The van der Waals surface area contributed by atoms with Crippen molar-refractivity contribution in [2.45, 2.75) is 19.4 Å². The van der Waals surface area contributed by atoms with Crippen LogP contribution in [-0.4, -0.2) is 35.2 Å². The van der Waals surface area contributed by atoms with Crippen molar-refractivity contribution < 1.29 is 14.3 Å². The summed E-state index contributed by atoms with van der Waals surface area (Å²) in [5, 5.41) is 7.35. The van der Waals surface area contributed by atoms with Crippen LogP contribution in [0.5, 0.6) is 0 Å². The van der Waals surface area contributed by atoms with E-state index in [9.17, 15) is 14.4 Å². The second-order valence-corrected chi connectivity index (χ2v) is 6.09. The molecule has 0 saturated heterocycles. The van der Waals surface area contributed by atoms with Crippen molar-refractivity contribution in [2.75, 3.05) is 11.9 Å². The van der Waals surface area contributed by atoms with Crippen molar-refractivity contribution in [3.05, 3.63) is 70.6 Å². The van der Waals surface area contributed by atoms with Crippen LogP contribution < -0.4 is 10.5 Å². The standard InChI is InChI=1S/C20H19N3O4/c1-13(20(26)23(2)14-8-4-3-5-9-14)27-18(24)12-17-15-10-6-7-11-16(15)19(25)22-21-17/h3-11,13H,12H2,1-2H3,(H,22,25). The molecule has 138 valence electrons. The molecule has 0 aliphatic heterocycles. The number of aromatic nitrogens is 2. The fraction of sp³-hybridized carbons (Fsp3) is 0.200. The van der Waals surface area contributed by atoms with Crippen LogP contribution in [0.3, 0.4) is 0 Å². The van der Waals surface area contributed by atoms with E-state index in [-0.39, 0.29) is 17.9 Å². The van der Waals surface area contributed by atoms with E-state index in [1.54, 1.807) is 43.4 Å². The van der Waals surface area contributed by atoms with Gasteiger partial charge in [-0.1, -0.05) is 36.4 Å². The van der Waals surface area contributed by atoms with Gasteiger partial charge in [-0.2, -0.15) is 5.10 Å². The molecule has 0 aliphatic carbocycles. The van der Waals surface area contributed by atoms with E-state index in [2.05, 4.69) is 10.2 Å². The molecule has 2 aromatic carbocycles. The number of likely N-dealkylation sites (N-methyl/N-ethyl adjacent to an activating group) is 1. The van der Waals surface area contributed by atoms with Gasteiger partial charge in [0.25, 0.3) is 11.5 Å². The maximum atomic E-state index is 12.5. The minimum atomic E-state index is -0.947. The second-order valence-electron chi connectivity index (χ2n) is 6.09. The number of amides is 1. The van der Waals surface area contributed by atoms with Gasteiger partial charge >= 0.3 is 5.97 Å². The van der Waals surface area contributed by atoms with E-state index in [0.29, 0.717) is 22.2 Å². The van der Waals surface area contributed by atoms with Gasteiger partial charge in [0.05, 0.1) is 17.5 Å². The quantitative estimate of drug-likeness (QED) is 0.699. The lowest BCUT2D eigenvalue weighted by atomic mass is 10.1. The number of nitrogens with one attached hydrogen (secondary N) is 1. The fourth-order valence-electron chi connectivity index (χ4n) is 2.78. The van der Waals surface area contributed by atoms with Gasteiger partial charge in [0.2, 0.25) is 0 Å². The molecule has 3 rings (SSSR count). The van der Waals surface area contributed by atoms with Crippen LogP contribution in [0.1, 0.15) is 12.6 Å². The molecule has 3 aromatic rings. The minimum absolute atomic E-state index is 0.149. The van der Waals surface area contributed by atoms with Gasteiger partial charge in [-0.05, 0) is 25.1 Å². The smallest absolute Gasteiger partial charge is 0.312 e. The highest BCUT2D eigenvalue weighted by Gasteiger charge is 2.23. The fourth-order valence-corrected chi connectivity index (χ4v) is 2.78. The highest BCUT2D eigenvalue weighted by Crippen LogP contribution is 2.15. The largest absolute Gasteiger partial charge is 0.452 e. The molecular formula is C20H19N3O4. The van der Waals surface area contributed by atoms with E-state index in [1.165, 1.54) is 11.8 Å². The summed E-state index contributed by atoms with van der Waals surface area (Å²) in [5.41, 5.74) is 0.778.